The predicted molar refractivity (Wildman–Crippen MR) is 97.9 cm³/mol. The third kappa shape index (κ3) is 5.03. The molecule has 1 unspecified atom stereocenters. The molecule has 136 valence electrons. The number of carbonyl (C=O) groups is 2. The average molecular weight is 344 g/mol. The highest BCUT2D eigenvalue weighted by atomic mass is 16.2. The summed E-state index contributed by atoms with van der Waals surface area (Å²) in [5.41, 5.74) is 7.45. The molecule has 2 amide bonds. The minimum Gasteiger partial charge on any atom is -0.369 e. The molecule has 0 radical (unpaired) electrons. The molecule has 0 saturated carbocycles. The zero-order chi connectivity index (χ0) is 17.6. The maximum Gasteiger partial charge on any atom is 0.241 e. The number of primary amides is 1. The highest BCUT2D eigenvalue weighted by molar-refractivity contribution is 5.94. The van der Waals surface area contributed by atoms with E-state index < -0.39 is 0 Å². The first-order chi connectivity index (χ1) is 12.1. The van der Waals surface area contributed by atoms with Gasteiger partial charge in [0.1, 0.15) is 0 Å². The van der Waals surface area contributed by atoms with Crippen molar-refractivity contribution in [2.75, 3.05) is 25.0 Å². The number of amides is 2. The van der Waals surface area contributed by atoms with Gasteiger partial charge >= 0.3 is 0 Å². The van der Waals surface area contributed by atoms with Crippen LogP contribution in [0.2, 0.25) is 0 Å². The van der Waals surface area contributed by atoms with Crippen molar-refractivity contribution in [1.82, 2.24) is 10.2 Å². The molecule has 0 aliphatic carbocycles. The van der Waals surface area contributed by atoms with Crippen LogP contribution >= 0.6 is 0 Å². The highest BCUT2D eigenvalue weighted by Crippen LogP contribution is 2.19. The molecule has 0 bridgehead atoms. The molecular weight excluding hydrogens is 316 g/mol. The first kappa shape index (κ1) is 17.9. The maximum absolute atomic E-state index is 12.2. The smallest absolute Gasteiger partial charge is 0.241 e. The second-order valence-electron chi connectivity index (χ2n) is 7.17. The molecule has 0 spiro atoms. The molecule has 25 heavy (non-hydrogen) atoms. The third-order valence-corrected chi connectivity index (χ3v) is 5.16. The Bertz CT molecular complexity index is 596. The minimum atomic E-state index is -0.195. The van der Waals surface area contributed by atoms with Gasteiger partial charge in [-0.2, -0.15) is 0 Å². The van der Waals surface area contributed by atoms with Crippen LogP contribution in [0.25, 0.3) is 0 Å². The van der Waals surface area contributed by atoms with Crippen LogP contribution in [-0.4, -0.2) is 42.4 Å². The first-order valence-corrected chi connectivity index (χ1v) is 9.26. The van der Waals surface area contributed by atoms with Gasteiger partial charge in [-0.3, -0.25) is 14.5 Å². The maximum atomic E-state index is 12.2. The number of nitrogens with two attached hydrogens (primary N) is 1. The fourth-order valence-corrected chi connectivity index (χ4v) is 3.69. The summed E-state index contributed by atoms with van der Waals surface area (Å²) in [6, 6.07) is 7.90. The normalized spacial score (nSPS) is 24.6. The van der Waals surface area contributed by atoms with Crippen molar-refractivity contribution in [3.63, 3.8) is 0 Å². The highest BCUT2D eigenvalue weighted by Gasteiger charge is 2.24. The van der Waals surface area contributed by atoms with E-state index in [2.05, 4.69) is 15.5 Å². The van der Waals surface area contributed by atoms with Gasteiger partial charge < -0.3 is 16.4 Å². The van der Waals surface area contributed by atoms with Crippen molar-refractivity contribution in [1.29, 1.82) is 0 Å². The Kier molecular flexibility index (Phi) is 6.04. The third-order valence-electron chi connectivity index (χ3n) is 5.16. The molecule has 2 heterocycles. The van der Waals surface area contributed by atoms with Crippen molar-refractivity contribution >= 4 is 17.5 Å². The number of hydrogen-bond acceptors (Lipinski definition) is 4. The van der Waals surface area contributed by atoms with E-state index >= 15 is 0 Å². The zero-order valence-corrected chi connectivity index (χ0v) is 14.7. The molecule has 2 aliphatic rings. The van der Waals surface area contributed by atoms with Crippen molar-refractivity contribution in [3.05, 3.63) is 29.8 Å². The molecule has 6 heteroatoms. The number of anilines is 1. The molecule has 6 nitrogen and oxygen atoms in total. The van der Waals surface area contributed by atoms with Crippen molar-refractivity contribution < 1.29 is 9.59 Å². The lowest BCUT2D eigenvalue weighted by molar-refractivity contribution is -0.123. The van der Waals surface area contributed by atoms with Crippen LogP contribution in [0.4, 0.5) is 5.69 Å². The standard InChI is InChI=1S/C19H28N4O2/c20-18(24)15-4-3-11-23(13-15)12-14-6-8-16(9-7-14)22-19(25)17-5-1-2-10-21-17/h6-9,15,17,21H,1-5,10-13H2,(H2,20,24)(H,22,25)/t15?,17-/m1/s1. The van der Waals surface area contributed by atoms with Gasteiger partial charge in [0, 0.05) is 18.8 Å². The summed E-state index contributed by atoms with van der Waals surface area (Å²) in [5.74, 6) is -0.179. The quantitative estimate of drug-likeness (QED) is 0.755. The molecule has 2 saturated heterocycles. The second kappa shape index (κ2) is 8.45. The summed E-state index contributed by atoms with van der Waals surface area (Å²) >= 11 is 0. The molecule has 3 rings (SSSR count). The summed E-state index contributed by atoms with van der Waals surface area (Å²) < 4.78 is 0. The Balaban J connectivity index is 1.51. The van der Waals surface area contributed by atoms with Crippen molar-refractivity contribution in [3.8, 4) is 0 Å². The van der Waals surface area contributed by atoms with E-state index in [0.29, 0.717) is 0 Å². The Hall–Kier alpha value is -1.92. The van der Waals surface area contributed by atoms with Crippen LogP contribution in [0.1, 0.15) is 37.7 Å². The number of benzene rings is 1. The number of piperidine rings is 2. The summed E-state index contributed by atoms with van der Waals surface area (Å²) in [6.07, 6.45) is 5.06. The summed E-state index contributed by atoms with van der Waals surface area (Å²) in [5, 5.41) is 6.25. The zero-order valence-electron chi connectivity index (χ0n) is 14.7. The Labute approximate surface area is 149 Å². The largest absolute Gasteiger partial charge is 0.369 e. The van der Waals surface area contributed by atoms with Gasteiger partial charge in [-0.05, 0) is 56.5 Å². The van der Waals surface area contributed by atoms with Gasteiger partial charge in [-0.1, -0.05) is 18.6 Å². The average Bonchev–Trinajstić information content (AvgIpc) is 2.64. The van der Waals surface area contributed by atoms with Crippen LogP contribution in [0.3, 0.4) is 0 Å². The van der Waals surface area contributed by atoms with Gasteiger partial charge in [-0.25, -0.2) is 0 Å². The van der Waals surface area contributed by atoms with E-state index in [1.54, 1.807) is 0 Å². The van der Waals surface area contributed by atoms with E-state index in [1.807, 2.05) is 24.3 Å². The Morgan fingerprint density at radius 1 is 1.16 bits per heavy atom. The number of nitrogens with zero attached hydrogens (tertiary/aromatic N) is 1. The van der Waals surface area contributed by atoms with Gasteiger partial charge in [0.2, 0.25) is 11.8 Å². The second-order valence-corrected chi connectivity index (χ2v) is 7.17. The van der Waals surface area contributed by atoms with E-state index in [9.17, 15) is 9.59 Å². The van der Waals surface area contributed by atoms with Crippen LogP contribution in [0, 0.1) is 5.92 Å². The predicted octanol–water partition coefficient (Wildman–Crippen LogP) is 1.46. The Morgan fingerprint density at radius 3 is 2.64 bits per heavy atom. The van der Waals surface area contributed by atoms with Crippen molar-refractivity contribution in [2.45, 2.75) is 44.7 Å². The summed E-state index contributed by atoms with van der Waals surface area (Å²) in [7, 11) is 0. The van der Waals surface area contributed by atoms with Crippen LogP contribution < -0.4 is 16.4 Å². The lowest BCUT2D eigenvalue weighted by Crippen LogP contribution is -2.43. The molecule has 2 fully saturated rings. The van der Waals surface area contributed by atoms with E-state index in [0.717, 1.165) is 64.0 Å². The monoisotopic (exact) mass is 344 g/mol. The van der Waals surface area contributed by atoms with E-state index in [4.69, 9.17) is 5.73 Å². The SMILES string of the molecule is NC(=O)C1CCCN(Cc2ccc(NC(=O)[C@H]3CCCCN3)cc2)C1. The van der Waals surface area contributed by atoms with Gasteiger partial charge in [0.25, 0.3) is 0 Å². The number of rotatable bonds is 5. The summed E-state index contributed by atoms with van der Waals surface area (Å²) in [6.45, 7) is 3.46. The number of likely N-dealkylation sites (tertiary alicyclic amines) is 1. The van der Waals surface area contributed by atoms with Gasteiger partial charge in [0.05, 0.1) is 12.0 Å². The number of nitrogens with one attached hydrogen (secondary N) is 2. The number of hydrogen-bond donors (Lipinski definition) is 3. The van der Waals surface area contributed by atoms with Crippen molar-refractivity contribution in [2.24, 2.45) is 11.7 Å². The fraction of sp³-hybridized carbons (Fsp3) is 0.579. The first-order valence-electron chi connectivity index (χ1n) is 9.26. The van der Waals surface area contributed by atoms with E-state index in [-0.39, 0.29) is 23.8 Å². The minimum absolute atomic E-state index is 0.0321. The lowest BCUT2D eigenvalue weighted by atomic mass is 9.97. The lowest BCUT2D eigenvalue weighted by Gasteiger charge is -2.31. The number of carbonyl (C=O) groups excluding carboxylic acids is 2. The molecule has 2 atom stereocenters. The Morgan fingerprint density at radius 2 is 1.96 bits per heavy atom. The van der Waals surface area contributed by atoms with Crippen LogP contribution in [-0.2, 0) is 16.1 Å². The van der Waals surface area contributed by atoms with Crippen LogP contribution in [0.15, 0.2) is 24.3 Å². The molecule has 1 aromatic carbocycles. The molecule has 1 aromatic rings. The molecule has 4 N–H and O–H groups in total. The fourth-order valence-electron chi connectivity index (χ4n) is 3.69. The van der Waals surface area contributed by atoms with Gasteiger partial charge in [-0.15, -0.1) is 0 Å². The molecule has 0 aromatic heterocycles. The molecule has 2 aliphatic heterocycles. The van der Waals surface area contributed by atoms with E-state index in [1.165, 1.54) is 5.56 Å². The van der Waals surface area contributed by atoms with Crippen LogP contribution in [0.5, 0.6) is 0 Å². The topological polar surface area (TPSA) is 87.5 Å². The molecular formula is C19H28N4O2. The summed E-state index contributed by atoms with van der Waals surface area (Å²) in [4.78, 5) is 25.9. The van der Waals surface area contributed by atoms with Gasteiger partial charge in [0.15, 0.2) is 0 Å².